The van der Waals surface area contributed by atoms with Crippen molar-refractivity contribution in [2.75, 3.05) is 13.1 Å². The lowest BCUT2D eigenvalue weighted by molar-refractivity contribution is -0.0143. The summed E-state index contributed by atoms with van der Waals surface area (Å²) in [7, 11) is 0. The summed E-state index contributed by atoms with van der Waals surface area (Å²) in [6.45, 7) is 3.45. The lowest BCUT2D eigenvalue weighted by atomic mass is 9.90. The first kappa shape index (κ1) is 7.28. The Morgan fingerprint density at radius 2 is 2.36 bits per heavy atom. The van der Waals surface area contributed by atoms with Crippen molar-refractivity contribution in [2.45, 2.75) is 12.5 Å². The summed E-state index contributed by atoms with van der Waals surface area (Å²) in [5.74, 6) is 0. The van der Waals surface area contributed by atoms with E-state index in [2.05, 4.69) is 18.3 Å². The summed E-state index contributed by atoms with van der Waals surface area (Å²) in [5.41, 5.74) is 0.504. The van der Waals surface area contributed by atoms with Gasteiger partial charge in [0, 0.05) is 18.0 Å². The van der Waals surface area contributed by atoms with Gasteiger partial charge in [0.25, 0.3) is 0 Å². The summed E-state index contributed by atoms with van der Waals surface area (Å²) in [4.78, 5) is 1.26. The van der Waals surface area contributed by atoms with Crippen molar-refractivity contribution in [1.29, 1.82) is 0 Å². The molecule has 2 N–H and O–H groups in total. The molecule has 1 fully saturated rings. The molecule has 0 bridgehead atoms. The average molecular weight is 169 g/mol. The predicted molar refractivity (Wildman–Crippen MR) is 45.8 cm³/mol. The van der Waals surface area contributed by atoms with Crippen LogP contribution in [0.1, 0.15) is 10.4 Å². The summed E-state index contributed by atoms with van der Waals surface area (Å²) >= 11 is 1.69. The van der Waals surface area contributed by atoms with Gasteiger partial charge in [-0.05, 0) is 23.9 Å². The van der Waals surface area contributed by atoms with Crippen molar-refractivity contribution in [2.24, 2.45) is 0 Å². The summed E-state index contributed by atoms with van der Waals surface area (Å²) in [5, 5.41) is 14.9. The van der Waals surface area contributed by atoms with E-state index in [1.54, 1.807) is 11.3 Å². The number of β-amino-alcohol motifs (C(OH)–C–C–N with tert-alkyl or cyclic N) is 1. The molecule has 1 saturated heterocycles. The van der Waals surface area contributed by atoms with Crippen molar-refractivity contribution in [3.8, 4) is 0 Å². The second-order valence-corrected chi connectivity index (χ2v) is 4.20. The molecule has 2 rings (SSSR count). The minimum absolute atomic E-state index is 0.565. The van der Waals surface area contributed by atoms with Crippen molar-refractivity contribution < 1.29 is 5.11 Å². The zero-order valence-corrected chi connectivity index (χ0v) is 7.24. The maximum Gasteiger partial charge on any atom is 0.115 e. The Morgan fingerprint density at radius 1 is 1.64 bits per heavy atom. The fourth-order valence-electron chi connectivity index (χ4n) is 1.25. The Bertz CT molecular complexity index is 265. The van der Waals surface area contributed by atoms with Gasteiger partial charge in [-0.15, -0.1) is 11.3 Å². The minimum Gasteiger partial charge on any atom is -0.382 e. The number of hydrogen-bond acceptors (Lipinski definition) is 3. The van der Waals surface area contributed by atoms with Gasteiger partial charge in [0.2, 0.25) is 0 Å². The van der Waals surface area contributed by atoms with E-state index in [4.69, 9.17) is 0 Å². The first-order chi connectivity index (χ1) is 5.21. The number of rotatable bonds is 1. The van der Waals surface area contributed by atoms with Crippen molar-refractivity contribution >= 4 is 11.3 Å². The van der Waals surface area contributed by atoms with Gasteiger partial charge in [-0.1, -0.05) is 0 Å². The van der Waals surface area contributed by atoms with E-state index >= 15 is 0 Å². The zero-order chi connectivity index (χ0) is 7.90. The van der Waals surface area contributed by atoms with Crippen LogP contribution in [0.2, 0.25) is 0 Å². The first-order valence-corrected chi connectivity index (χ1v) is 4.57. The van der Waals surface area contributed by atoms with E-state index in [0.717, 1.165) is 5.56 Å². The molecule has 0 amide bonds. The second kappa shape index (κ2) is 2.30. The van der Waals surface area contributed by atoms with E-state index < -0.39 is 5.60 Å². The van der Waals surface area contributed by atoms with Crippen LogP contribution in [0.25, 0.3) is 0 Å². The molecule has 3 heteroatoms. The Balaban J connectivity index is 2.28. The largest absolute Gasteiger partial charge is 0.382 e. The second-order valence-electron chi connectivity index (χ2n) is 3.08. The maximum atomic E-state index is 9.84. The molecular weight excluding hydrogens is 158 g/mol. The maximum absolute atomic E-state index is 9.84. The van der Waals surface area contributed by atoms with E-state index in [-0.39, 0.29) is 0 Å². The number of aliphatic hydroxyl groups is 1. The van der Waals surface area contributed by atoms with Gasteiger partial charge in [-0.2, -0.15) is 0 Å². The fourth-order valence-corrected chi connectivity index (χ4v) is 2.05. The smallest absolute Gasteiger partial charge is 0.115 e. The molecule has 1 aliphatic heterocycles. The van der Waals surface area contributed by atoms with Gasteiger partial charge < -0.3 is 10.4 Å². The van der Waals surface area contributed by atoms with Crippen LogP contribution in [0.4, 0.5) is 0 Å². The molecule has 1 aromatic rings. The van der Waals surface area contributed by atoms with Crippen molar-refractivity contribution in [1.82, 2.24) is 5.32 Å². The Labute approximate surface area is 69.9 Å². The molecular formula is C8H11NOS. The van der Waals surface area contributed by atoms with Gasteiger partial charge in [0.1, 0.15) is 5.60 Å². The SMILES string of the molecule is Cc1cc(C2(O)CNC2)cs1. The molecule has 0 atom stereocenters. The van der Waals surface area contributed by atoms with Gasteiger partial charge in [-0.3, -0.25) is 0 Å². The van der Waals surface area contributed by atoms with Crippen LogP contribution in [0.5, 0.6) is 0 Å². The van der Waals surface area contributed by atoms with Crippen LogP contribution in [0.15, 0.2) is 11.4 Å². The predicted octanol–water partition coefficient (Wildman–Crippen LogP) is 0.847. The summed E-state index contributed by atoms with van der Waals surface area (Å²) < 4.78 is 0. The number of hydrogen-bond donors (Lipinski definition) is 2. The number of nitrogens with one attached hydrogen (secondary N) is 1. The molecule has 1 aliphatic rings. The monoisotopic (exact) mass is 169 g/mol. The van der Waals surface area contributed by atoms with Crippen LogP contribution in [-0.4, -0.2) is 18.2 Å². The topological polar surface area (TPSA) is 32.3 Å². The van der Waals surface area contributed by atoms with Crippen LogP contribution < -0.4 is 5.32 Å². The molecule has 11 heavy (non-hydrogen) atoms. The van der Waals surface area contributed by atoms with E-state index in [0.29, 0.717) is 13.1 Å². The third kappa shape index (κ3) is 1.09. The average Bonchev–Trinajstić information content (AvgIpc) is 2.31. The Hall–Kier alpha value is -0.380. The quantitative estimate of drug-likeness (QED) is 0.653. The highest BCUT2D eigenvalue weighted by atomic mass is 32.1. The molecule has 0 aliphatic carbocycles. The van der Waals surface area contributed by atoms with E-state index in [1.807, 2.05) is 5.38 Å². The van der Waals surface area contributed by atoms with Gasteiger partial charge in [0.05, 0.1) is 0 Å². The third-order valence-corrected chi connectivity index (χ3v) is 2.96. The van der Waals surface area contributed by atoms with E-state index in [1.165, 1.54) is 4.88 Å². The van der Waals surface area contributed by atoms with Crippen LogP contribution >= 0.6 is 11.3 Å². The highest BCUT2D eigenvalue weighted by Crippen LogP contribution is 2.28. The van der Waals surface area contributed by atoms with Gasteiger partial charge >= 0.3 is 0 Å². The van der Waals surface area contributed by atoms with Gasteiger partial charge in [-0.25, -0.2) is 0 Å². The molecule has 60 valence electrons. The zero-order valence-electron chi connectivity index (χ0n) is 6.42. The fraction of sp³-hybridized carbons (Fsp3) is 0.500. The van der Waals surface area contributed by atoms with Crippen molar-refractivity contribution in [3.05, 3.63) is 21.9 Å². The molecule has 0 radical (unpaired) electrons. The summed E-state index contributed by atoms with van der Waals surface area (Å²) in [6, 6.07) is 2.06. The normalized spacial score (nSPS) is 21.3. The third-order valence-electron chi connectivity index (χ3n) is 2.10. The van der Waals surface area contributed by atoms with Crippen LogP contribution in [0.3, 0.4) is 0 Å². The standard InChI is InChI=1S/C8H11NOS/c1-6-2-7(3-11-6)8(10)4-9-5-8/h2-3,9-10H,4-5H2,1H3. The molecule has 0 saturated carbocycles. The lowest BCUT2D eigenvalue weighted by Gasteiger charge is -2.37. The van der Waals surface area contributed by atoms with Crippen molar-refractivity contribution in [3.63, 3.8) is 0 Å². The van der Waals surface area contributed by atoms with Crippen LogP contribution in [0, 0.1) is 6.92 Å². The summed E-state index contributed by atoms with van der Waals surface area (Å²) in [6.07, 6.45) is 0. The molecule has 0 unspecified atom stereocenters. The lowest BCUT2D eigenvalue weighted by Crippen LogP contribution is -2.56. The minimum atomic E-state index is -0.565. The van der Waals surface area contributed by atoms with E-state index in [9.17, 15) is 5.11 Å². The van der Waals surface area contributed by atoms with Gasteiger partial charge in [0.15, 0.2) is 0 Å². The number of thiophene rings is 1. The Kier molecular flexibility index (Phi) is 1.52. The molecule has 1 aromatic heterocycles. The highest BCUT2D eigenvalue weighted by molar-refractivity contribution is 7.10. The first-order valence-electron chi connectivity index (χ1n) is 3.69. The molecule has 2 heterocycles. The van der Waals surface area contributed by atoms with Crippen LogP contribution in [-0.2, 0) is 5.60 Å². The molecule has 0 spiro atoms. The number of aryl methyl sites for hydroxylation is 1. The molecule has 2 nitrogen and oxygen atoms in total. The highest BCUT2D eigenvalue weighted by Gasteiger charge is 2.36. The molecule has 0 aromatic carbocycles. The Morgan fingerprint density at radius 3 is 2.73 bits per heavy atom.